The van der Waals surface area contributed by atoms with Gasteiger partial charge in [-0.05, 0) is 17.7 Å². The fourth-order valence-corrected chi connectivity index (χ4v) is 4.99. The lowest BCUT2D eigenvalue weighted by Crippen LogP contribution is -2.77. The van der Waals surface area contributed by atoms with Crippen LogP contribution in [0.25, 0.3) is 0 Å². The normalized spacial score (nSPS) is 28.7. The molecule has 2 saturated heterocycles. The highest BCUT2D eigenvalue weighted by Crippen LogP contribution is 2.54. The van der Waals surface area contributed by atoms with Gasteiger partial charge in [0.2, 0.25) is 5.91 Å². The van der Waals surface area contributed by atoms with E-state index in [0.29, 0.717) is 5.56 Å². The Balaban J connectivity index is 2.33. The summed E-state index contributed by atoms with van der Waals surface area (Å²) in [5.74, 6) is -3.05. The summed E-state index contributed by atoms with van der Waals surface area (Å²) in [4.78, 5) is 41.9. The maximum Gasteiger partial charge on any atom is 0.323 e. The van der Waals surface area contributed by atoms with Crippen molar-refractivity contribution in [2.24, 2.45) is 5.41 Å². The monoisotopic (exact) mass is 417 g/mol. The molecular weight excluding hydrogens is 393 g/mol. The van der Waals surface area contributed by atoms with Crippen molar-refractivity contribution in [2.75, 3.05) is 39.8 Å². The highest BCUT2D eigenvalue weighted by Gasteiger charge is 2.74. The smallest absolute Gasteiger partial charge is 0.323 e. The van der Waals surface area contributed by atoms with E-state index in [1.54, 1.807) is 11.0 Å². The molecule has 0 spiro atoms. The van der Waals surface area contributed by atoms with Gasteiger partial charge in [0.25, 0.3) is 5.54 Å². The van der Waals surface area contributed by atoms with Crippen molar-refractivity contribution in [3.63, 3.8) is 0 Å². The number of rotatable bonds is 7. The number of carbonyl (C=O) groups is 2. The molecule has 1 amide bonds. The van der Waals surface area contributed by atoms with Crippen LogP contribution < -0.4 is 0 Å². The van der Waals surface area contributed by atoms with Crippen molar-refractivity contribution in [1.82, 2.24) is 9.80 Å². The van der Waals surface area contributed by atoms with Crippen molar-refractivity contribution in [3.05, 3.63) is 71.1 Å². The fourth-order valence-electron chi connectivity index (χ4n) is 4.99. The van der Waals surface area contributed by atoms with Crippen LogP contribution in [-0.2, 0) is 14.3 Å². The first-order chi connectivity index (χ1) is 14.3. The van der Waals surface area contributed by atoms with Gasteiger partial charge in [-0.2, -0.15) is 0 Å². The second-order valence-electron chi connectivity index (χ2n) is 7.74. The molecule has 3 rings (SSSR count). The van der Waals surface area contributed by atoms with Crippen molar-refractivity contribution in [2.45, 2.75) is 11.5 Å². The molecule has 1 aromatic carbocycles. The Morgan fingerprint density at radius 3 is 2.43 bits per heavy atom. The maximum atomic E-state index is 13.6. The van der Waals surface area contributed by atoms with E-state index in [9.17, 15) is 24.1 Å². The zero-order valence-corrected chi connectivity index (χ0v) is 16.8. The number of nitro groups is 1. The number of hydrogen-bond donors (Lipinski definition) is 0. The molecule has 2 aliphatic heterocycles. The highest BCUT2D eigenvalue weighted by molar-refractivity contribution is 6.05. The first-order valence-electron chi connectivity index (χ1n) is 9.48. The quantitative estimate of drug-likeness (QED) is 0.220. The third-order valence-corrected chi connectivity index (χ3v) is 5.99. The van der Waals surface area contributed by atoms with Crippen LogP contribution in [0.1, 0.15) is 11.5 Å². The predicted octanol–water partition coefficient (Wildman–Crippen LogP) is 1.61. The SMILES string of the molecule is C=CCN1C[C@]2(C(=O)OC)C(=O)N(CC=C)C[C@]([N+](=O)[O-])(C1)[C@H]2c1ccc(F)cc1. The van der Waals surface area contributed by atoms with Crippen LogP contribution in [0.2, 0.25) is 0 Å². The molecule has 0 saturated carbocycles. The molecule has 160 valence electrons. The molecule has 3 atom stereocenters. The number of amides is 1. The summed E-state index contributed by atoms with van der Waals surface area (Å²) < 4.78 is 18.6. The second kappa shape index (κ2) is 7.98. The molecule has 2 aliphatic rings. The number of ether oxygens (including phenoxy) is 1. The summed E-state index contributed by atoms with van der Waals surface area (Å²) in [5, 5.41) is 12.6. The summed E-state index contributed by atoms with van der Waals surface area (Å²) in [6.07, 6.45) is 3.03. The van der Waals surface area contributed by atoms with Crippen LogP contribution in [0.4, 0.5) is 4.39 Å². The van der Waals surface area contributed by atoms with Crippen molar-refractivity contribution < 1.29 is 23.6 Å². The molecule has 8 nitrogen and oxygen atoms in total. The summed E-state index contributed by atoms with van der Waals surface area (Å²) in [6, 6.07) is 5.14. The third kappa shape index (κ3) is 3.09. The van der Waals surface area contributed by atoms with Crippen LogP contribution in [-0.4, -0.2) is 72.0 Å². The van der Waals surface area contributed by atoms with E-state index < -0.39 is 39.5 Å². The Morgan fingerprint density at radius 1 is 1.27 bits per heavy atom. The lowest BCUT2D eigenvalue weighted by molar-refractivity contribution is -0.584. The van der Waals surface area contributed by atoms with Crippen LogP contribution >= 0.6 is 0 Å². The molecule has 0 N–H and O–H groups in total. The van der Waals surface area contributed by atoms with Gasteiger partial charge in [0, 0.05) is 24.6 Å². The Hall–Kier alpha value is -3.07. The van der Waals surface area contributed by atoms with Gasteiger partial charge in [0.1, 0.15) is 5.82 Å². The first-order valence-corrected chi connectivity index (χ1v) is 9.48. The van der Waals surface area contributed by atoms with Crippen molar-refractivity contribution in [1.29, 1.82) is 0 Å². The van der Waals surface area contributed by atoms with E-state index in [4.69, 9.17) is 4.74 Å². The minimum Gasteiger partial charge on any atom is -0.468 e. The van der Waals surface area contributed by atoms with Gasteiger partial charge in [-0.1, -0.05) is 24.3 Å². The lowest BCUT2D eigenvalue weighted by Gasteiger charge is -2.56. The topological polar surface area (TPSA) is 93.0 Å². The van der Waals surface area contributed by atoms with Gasteiger partial charge in [-0.15, -0.1) is 13.2 Å². The maximum absolute atomic E-state index is 13.6. The molecule has 2 bridgehead atoms. The third-order valence-electron chi connectivity index (χ3n) is 5.99. The minimum absolute atomic E-state index is 0.00622. The van der Waals surface area contributed by atoms with E-state index in [1.165, 1.54) is 35.2 Å². The molecule has 30 heavy (non-hydrogen) atoms. The van der Waals surface area contributed by atoms with E-state index >= 15 is 0 Å². The summed E-state index contributed by atoms with van der Waals surface area (Å²) in [6.45, 7) is 7.34. The van der Waals surface area contributed by atoms with E-state index in [0.717, 1.165) is 7.11 Å². The number of nitrogens with zero attached hydrogens (tertiary/aromatic N) is 3. The van der Waals surface area contributed by atoms with Gasteiger partial charge in [-0.25, -0.2) is 4.39 Å². The van der Waals surface area contributed by atoms with E-state index in [-0.39, 0.29) is 32.7 Å². The Labute approximate surface area is 173 Å². The molecular formula is C21H24FN3O5. The van der Waals surface area contributed by atoms with Crippen molar-refractivity contribution in [3.8, 4) is 0 Å². The summed E-state index contributed by atoms with van der Waals surface area (Å²) in [7, 11) is 1.15. The zero-order valence-electron chi connectivity index (χ0n) is 16.8. The van der Waals surface area contributed by atoms with Crippen LogP contribution in [0.5, 0.6) is 0 Å². The average Bonchev–Trinajstić information content (AvgIpc) is 2.72. The highest BCUT2D eigenvalue weighted by atomic mass is 19.1. The second-order valence-corrected chi connectivity index (χ2v) is 7.74. The number of hydrogen-bond acceptors (Lipinski definition) is 6. The number of esters is 1. The molecule has 0 unspecified atom stereocenters. The summed E-state index contributed by atoms with van der Waals surface area (Å²) in [5.41, 5.74) is -3.21. The molecule has 0 radical (unpaired) electrons. The number of piperidine rings is 2. The Morgan fingerprint density at radius 2 is 1.90 bits per heavy atom. The van der Waals surface area contributed by atoms with Gasteiger partial charge in [0.05, 0.1) is 26.1 Å². The molecule has 1 aromatic rings. The minimum atomic E-state index is -1.86. The molecule has 0 aliphatic carbocycles. The molecule has 2 heterocycles. The number of benzene rings is 1. The zero-order chi connectivity index (χ0) is 22.1. The largest absolute Gasteiger partial charge is 0.468 e. The van der Waals surface area contributed by atoms with Gasteiger partial charge >= 0.3 is 5.97 Å². The van der Waals surface area contributed by atoms with Gasteiger partial charge in [-0.3, -0.25) is 24.6 Å². The number of fused-ring (bicyclic) bond motifs is 2. The standard InChI is InChI=1S/C21H24FN3O5/c1-4-10-23-12-20(25(28)29)13-24(11-5-2)18(26)21(14-23,19(27)30-3)17(20)15-6-8-16(22)9-7-15/h4-9,17H,1-2,10-14H2,3H3/t17-,20-,21-/m1/s1. The predicted molar refractivity (Wildman–Crippen MR) is 107 cm³/mol. The van der Waals surface area contributed by atoms with Gasteiger partial charge in [0.15, 0.2) is 5.41 Å². The molecule has 0 aromatic heterocycles. The fraction of sp³-hybridized carbons (Fsp3) is 0.429. The van der Waals surface area contributed by atoms with Gasteiger partial charge < -0.3 is 9.64 Å². The summed E-state index contributed by atoms with van der Waals surface area (Å²) >= 11 is 0. The number of carbonyl (C=O) groups excluding carboxylic acids is 2. The molecule has 9 heteroatoms. The number of likely N-dealkylation sites (tertiary alicyclic amines) is 2. The average molecular weight is 417 g/mol. The van der Waals surface area contributed by atoms with Crippen LogP contribution in [0.3, 0.4) is 0 Å². The van der Waals surface area contributed by atoms with Crippen LogP contribution in [0.15, 0.2) is 49.6 Å². The van der Waals surface area contributed by atoms with E-state index in [1.807, 2.05) is 0 Å². The van der Waals surface area contributed by atoms with E-state index in [2.05, 4.69) is 13.2 Å². The lowest BCUT2D eigenvalue weighted by atomic mass is 9.56. The molecule has 2 fully saturated rings. The number of methoxy groups -OCH3 is 1. The number of halogens is 1. The first kappa shape index (κ1) is 21.6. The van der Waals surface area contributed by atoms with Crippen molar-refractivity contribution >= 4 is 11.9 Å². The Bertz CT molecular complexity index is 889. The van der Waals surface area contributed by atoms with Crippen LogP contribution in [0, 0.1) is 21.3 Å². The Kier molecular flexibility index (Phi) is 5.76.